The molecule has 0 amide bonds. The molecule has 8 heteroatoms. The summed E-state index contributed by atoms with van der Waals surface area (Å²) in [6, 6.07) is 4.66. The van der Waals surface area contributed by atoms with Crippen LogP contribution in [0.1, 0.15) is 40.7 Å². The van der Waals surface area contributed by atoms with Crippen molar-refractivity contribution in [3.05, 3.63) is 39.3 Å². The number of rotatable bonds is 5. The highest BCUT2D eigenvalue weighted by Gasteiger charge is 2.34. The first kappa shape index (κ1) is 18.8. The topological polar surface area (TPSA) is 112 Å². The predicted octanol–water partition coefficient (Wildman–Crippen LogP) is 1.80. The van der Waals surface area contributed by atoms with Crippen LogP contribution >= 0.6 is 11.8 Å². The predicted molar refractivity (Wildman–Crippen MR) is 96.7 cm³/mol. The van der Waals surface area contributed by atoms with Gasteiger partial charge in [0.25, 0.3) is 0 Å². The maximum absolute atomic E-state index is 13.1. The Hall–Kier alpha value is -1.95. The molecule has 0 saturated carbocycles. The van der Waals surface area contributed by atoms with Gasteiger partial charge in [0.2, 0.25) is 0 Å². The van der Waals surface area contributed by atoms with Gasteiger partial charge in [0.05, 0.1) is 28.4 Å². The van der Waals surface area contributed by atoms with Gasteiger partial charge in [-0.15, -0.1) is 11.8 Å². The molecule has 2 aliphatic rings. The van der Waals surface area contributed by atoms with Gasteiger partial charge < -0.3 is 5.11 Å². The molecule has 3 rings (SSSR count). The van der Waals surface area contributed by atoms with Crippen molar-refractivity contribution in [1.82, 2.24) is 0 Å². The Morgan fingerprint density at radius 3 is 2.73 bits per heavy atom. The van der Waals surface area contributed by atoms with Crippen molar-refractivity contribution in [2.45, 2.75) is 30.6 Å². The zero-order chi connectivity index (χ0) is 18.9. The number of sulfone groups is 1. The third kappa shape index (κ3) is 3.22. The molecule has 26 heavy (non-hydrogen) atoms. The normalized spacial score (nSPS) is 18.5. The van der Waals surface area contributed by atoms with Crippen LogP contribution < -0.4 is 0 Å². The largest absolute Gasteiger partial charge is 0.396 e. The quantitative estimate of drug-likeness (QED) is 0.601. The SMILES string of the molecule is N#Cc1c(C(=O)C2=C(SCCO)CCCC2=O)ccc2c1CCS2(=O)=O. The Morgan fingerprint density at radius 2 is 2.04 bits per heavy atom. The molecule has 0 atom stereocenters. The fraction of sp³-hybridized carbons (Fsp3) is 0.389. The Labute approximate surface area is 155 Å². The molecule has 1 aliphatic carbocycles. The zero-order valence-electron chi connectivity index (χ0n) is 13.9. The van der Waals surface area contributed by atoms with Crippen molar-refractivity contribution in [1.29, 1.82) is 5.26 Å². The Balaban J connectivity index is 2.12. The molecule has 1 heterocycles. The van der Waals surface area contributed by atoms with Gasteiger partial charge in [-0.25, -0.2) is 8.42 Å². The summed E-state index contributed by atoms with van der Waals surface area (Å²) in [6.45, 7) is -0.0655. The highest BCUT2D eigenvalue weighted by molar-refractivity contribution is 8.03. The second kappa shape index (κ2) is 7.35. The fourth-order valence-corrected chi connectivity index (χ4v) is 5.87. The molecule has 1 aromatic carbocycles. The van der Waals surface area contributed by atoms with Crippen LogP contribution in [0.3, 0.4) is 0 Å². The minimum absolute atomic E-state index is 0.0472. The number of benzene rings is 1. The van der Waals surface area contributed by atoms with E-state index in [1.54, 1.807) is 0 Å². The van der Waals surface area contributed by atoms with Gasteiger partial charge in [-0.3, -0.25) is 9.59 Å². The van der Waals surface area contributed by atoms with Crippen LogP contribution in [-0.4, -0.2) is 43.2 Å². The minimum Gasteiger partial charge on any atom is -0.396 e. The second-order valence-electron chi connectivity index (χ2n) is 6.12. The lowest BCUT2D eigenvalue weighted by Gasteiger charge is -2.18. The molecule has 1 N–H and O–H groups in total. The van der Waals surface area contributed by atoms with E-state index < -0.39 is 15.6 Å². The average molecular weight is 391 g/mol. The second-order valence-corrected chi connectivity index (χ2v) is 9.39. The van der Waals surface area contributed by atoms with Crippen LogP contribution in [0.15, 0.2) is 27.5 Å². The van der Waals surface area contributed by atoms with Crippen molar-refractivity contribution >= 4 is 33.2 Å². The van der Waals surface area contributed by atoms with Crippen LogP contribution in [-0.2, 0) is 21.1 Å². The number of allylic oxidation sites excluding steroid dienone is 2. The number of aliphatic hydroxyl groups excluding tert-OH is 1. The number of hydrogen-bond donors (Lipinski definition) is 1. The van der Waals surface area contributed by atoms with Crippen molar-refractivity contribution in [3.8, 4) is 6.07 Å². The van der Waals surface area contributed by atoms with Crippen LogP contribution in [0.2, 0.25) is 0 Å². The number of carbonyl (C=O) groups excluding carboxylic acids is 2. The third-order valence-electron chi connectivity index (χ3n) is 4.54. The highest BCUT2D eigenvalue weighted by atomic mass is 32.2. The van der Waals surface area contributed by atoms with Gasteiger partial charge in [-0.2, -0.15) is 5.26 Å². The number of hydrogen-bond acceptors (Lipinski definition) is 7. The summed E-state index contributed by atoms with van der Waals surface area (Å²) in [5.74, 6) is -0.488. The van der Waals surface area contributed by atoms with E-state index in [2.05, 4.69) is 0 Å². The highest BCUT2D eigenvalue weighted by Crippen LogP contribution is 2.35. The maximum atomic E-state index is 13.1. The van der Waals surface area contributed by atoms with Gasteiger partial charge in [0, 0.05) is 17.7 Å². The molecule has 0 saturated heterocycles. The molecular formula is C18H17NO5S2. The van der Waals surface area contributed by atoms with Crippen LogP contribution in [0, 0.1) is 11.3 Å². The molecule has 0 unspecified atom stereocenters. The first-order valence-electron chi connectivity index (χ1n) is 8.24. The molecule has 6 nitrogen and oxygen atoms in total. The minimum atomic E-state index is -3.41. The summed E-state index contributed by atoms with van der Waals surface area (Å²) < 4.78 is 24.1. The van der Waals surface area contributed by atoms with E-state index in [4.69, 9.17) is 5.11 Å². The van der Waals surface area contributed by atoms with E-state index in [1.165, 1.54) is 23.9 Å². The third-order valence-corrected chi connectivity index (χ3v) is 7.48. The summed E-state index contributed by atoms with van der Waals surface area (Å²) in [6.07, 6.45) is 1.70. The molecule has 0 bridgehead atoms. The number of carbonyl (C=O) groups is 2. The number of ketones is 2. The summed E-state index contributed by atoms with van der Waals surface area (Å²) in [7, 11) is -3.41. The van der Waals surface area contributed by atoms with E-state index in [1.807, 2.05) is 6.07 Å². The van der Waals surface area contributed by atoms with E-state index in [9.17, 15) is 23.3 Å². The number of nitriles is 1. The monoisotopic (exact) mass is 391 g/mol. The Bertz CT molecular complexity index is 970. The zero-order valence-corrected chi connectivity index (χ0v) is 15.6. The van der Waals surface area contributed by atoms with Crippen LogP contribution in [0.5, 0.6) is 0 Å². The van der Waals surface area contributed by atoms with Gasteiger partial charge in [0.1, 0.15) is 6.07 Å². The number of fused-ring (bicyclic) bond motifs is 1. The van der Waals surface area contributed by atoms with Gasteiger partial charge in [0.15, 0.2) is 21.4 Å². The van der Waals surface area contributed by atoms with E-state index in [0.29, 0.717) is 29.1 Å². The molecule has 0 spiro atoms. The lowest BCUT2D eigenvalue weighted by Crippen LogP contribution is -2.20. The standard InChI is InChI=1S/C18H17NO5S2/c19-10-13-11-6-9-26(23,24)16(11)5-4-12(13)18(22)17-14(21)2-1-3-15(17)25-8-7-20/h4-5,20H,1-3,6-9H2. The summed E-state index contributed by atoms with van der Waals surface area (Å²) in [4.78, 5) is 26.2. The number of Topliss-reactive ketones (excluding diaryl/α,β-unsaturated/α-hetero) is 2. The number of thioether (sulfide) groups is 1. The maximum Gasteiger partial charge on any atom is 0.198 e. The Kier molecular flexibility index (Phi) is 5.32. The molecule has 0 radical (unpaired) electrons. The number of aliphatic hydroxyl groups is 1. The van der Waals surface area contributed by atoms with Crippen molar-refractivity contribution in [2.75, 3.05) is 18.1 Å². The van der Waals surface area contributed by atoms with Crippen molar-refractivity contribution < 1.29 is 23.1 Å². The van der Waals surface area contributed by atoms with Gasteiger partial charge in [-0.1, -0.05) is 0 Å². The number of nitrogens with zero attached hydrogens (tertiary/aromatic N) is 1. The van der Waals surface area contributed by atoms with Crippen molar-refractivity contribution in [2.24, 2.45) is 0 Å². The van der Waals surface area contributed by atoms with E-state index in [-0.39, 0.29) is 52.6 Å². The van der Waals surface area contributed by atoms with E-state index >= 15 is 0 Å². The smallest absolute Gasteiger partial charge is 0.198 e. The molecular weight excluding hydrogens is 374 g/mol. The van der Waals surface area contributed by atoms with Crippen LogP contribution in [0.25, 0.3) is 0 Å². The average Bonchev–Trinajstić information content (AvgIpc) is 2.93. The Morgan fingerprint density at radius 1 is 1.27 bits per heavy atom. The van der Waals surface area contributed by atoms with Gasteiger partial charge in [-0.05, 0) is 41.9 Å². The fourth-order valence-electron chi connectivity index (χ4n) is 3.35. The molecule has 0 fully saturated rings. The lowest BCUT2D eigenvalue weighted by atomic mass is 9.88. The van der Waals surface area contributed by atoms with Crippen LogP contribution in [0.4, 0.5) is 0 Å². The summed E-state index contributed by atoms with van der Waals surface area (Å²) in [5.41, 5.74) is 0.570. The van der Waals surface area contributed by atoms with Gasteiger partial charge >= 0.3 is 0 Å². The molecule has 0 aromatic heterocycles. The summed E-state index contributed by atoms with van der Waals surface area (Å²) >= 11 is 1.28. The van der Waals surface area contributed by atoms with Crippen molar-refractivity contribution in [3.63, 3.8) is 0 Å². The molecule has 136 valence electrons. The molecule has 1 aliphatic heterocycles. The first-order chi connectivity index (χ1) is 12.4. The lowest BCUT2D eigenvalue weighted by molar-refractivity contribution is -0.115. The molecule has 1 aromatic rings. The van der Waals surface area contributed by atoms with E-state index in [0.717, 1.165) is 0 Å². The summed E-state index contributed by atoms with van der Waals surface area (Å²) in [5, 5.41) is 18.6. The first-order valence-corrected chi connectivity index (χ1v) is 10.9.